The molecule has 0 spiro atoms. The van der Waals surface area contributed by atoms with Crippen LogP contribution in [0, 0.1) is 0 Å². The molecule has 1 aliphatic heterocycles. The third-order valence-electron chi connectivity index (χ3n) is 3.66. The number of fused-ring (bicyclic) bond motifs is 1. The number of imide groups is 1. The minimum atomic E-state index is -0.673. The molecule has 0 bridgehead atoms. The van der Waals surface area contributed by atoms with E-state index in [2.05, 4.69) is 0 Å². The quantitative estimate of drug-likeness (QED) is 0.841. The summed E-state index contributed by atoms with van der Waals surface area (Å²) in [7, 11) is 0. The van der Waals surface area contributed by atoms with Crippen molar-refractivity contribution in [2.45, 2.75) is 0 Å². The second kappa shape index (κ2) is 6.33. The third-order valence-corrected chi connectivity index (χ3v) is 3.89. The number of nitrogens with zero attached hydrogens (tertiary/aromatic N) is 1. The Balaban J connectivity index is 1.69. The average Bonchev–Trinajstić information content (AvgIpc) is 2.81. The fourth-order valence-corrected chi connectivity index (χ4v) is 2.68. The van der Waals surface area contributed by atoms with Crippen molar-refractivity contribution in [3.63, 3.8) is 0 Å². The zero-order valence-corrected chi connectivity index (χ0v) is 13.2. The highest BCUT2D eigenvalue weighted by Crippen LogP contribution is 2.24. The van der Waals surface area contributed by atoms with Gasteiger partial charge in [0.2, 0.25) is 0 Å². The van der Waals surface area contributed by atoms with Crippen LogP contribution in [-0.4, -0.2) is 35.8 Å². The number of primary amides is 1. The lowest BCUT2D eigenvalue weighted by Crippen LogP contribution is -2.33. The molecule has 3 rings (SSSR count). The molecule has 0 radical (unpaired) electrons. The van der Waals surface area contributed by atoms with Crippen LogP contribution in [0.4, 0.5) is 0 Å². The summed E-state index contributed by atoms with van der Waals surface area (Å²) >= 11 is 5.83. The van der Waals surface area contributed by atoms with Gasteiger partial charge < -0.3 is 10.5 Å². The van der Waals surface area contributed by atoms with Crippen molar-refractivity contribution in [2.75, 3.05) is 13.2 Å². The highest BCUT2D eigenvalue weighted by Gasteiger charge is 2.34. The Morgan fingerprint density at radius 3 is 2.29 bits per heavy atom. The molecule has 2 aromatic carbocycles. The Morgan fingerprint density at radius 2 is 1.71 bits per heavy atom. The second-order valence-electron chi connectivity index (χ2n) is 5.16. The highest BCUT2D eigenvalue weighted by atomic mass is 35.5. The van der Waals surface area contributed by atoms with Gasteiger partial charge in [0.05, 0.1) is 23.2 Å². The predicted molar refractivity (Wildman–Crippen MR) is 87.3 cm³/mol. The maximum absolute atomic E-state index is 12.2. The number of nitrogens with two attached hydrogens (primary N) is 1. The summed E-state index contributed by atoms with van der Waals surface area (Å²) in [6.45, 7) is 0.0978. The Kier molecular flexibility index (Phi) is 4.22. The van der Waals surface area contributed by atoms with Crippen LogP contribution in [0.2, 0.25) is 5.02 Å². The van der Waals surface area contributed by atoms with Gasteiger partial charge in [-0.1, -0.05) is 23.7 Å². The summed E-state index contributed by atoms with van der Waals surface area (Å²) < 4.78 is 5.51. The number of halogens is 1. The lowest BCUT2D eigenvalue weighted by Gasteiger charge is -2.15. The predicted octanol–water partition coefficient (Wildman–Crippen LogP) is 2.11. The van der Waals surface area contributed by atoms with Crippen LogP contribution in [0.3, 0.4) is 0 Å². The number of carbonyl (C=O) groups is 3. The van der Waals surface area contributed by atoms with Crippen molar-refractivity contribution < 1.29 is 19.1 Å². The molecular weight excluding hydrogens is 332 g/mol. The SMILES string of the molecule is NC(=O)c1cc(Cl)ccc1OCCN1C(=O)c2ccccc2C1=O. The number of ether oxygens (including phenoxy) is 1. The smallest absolute Gasteiger partial charge is 0.261 e. The molecule has 6 nitrogen and oxygen atoms in total. The van der Waals surface area contributed by atoms with E-state index in [1.165, 1.54) is 12.1 Å². The molecule has 0 atom stereocenters. The highest BCUT2D eigenvalue weighted by molar-refractivity contribution is 6.31. The normalized spacial score (nSPS) is 13.1. The maximum Gasteiger partial charge on any atom is 0.261 e. The number of benzene rings is 2. The van der Waals surface area contributed by atoms with Crippen molar-refractivity contribution in [3.8, 4) is 5.75 Å². The van der Waals surface area contributed by atoms with Crippen molar-refractivity contribution in [1.29, 1.82) is 0 Å². The standard InChI is InChI=1S/C17H13ClN2O4/c18-10-5-6-14(13(9-10)15(19)21)24-8-7-20-16(22)11-3-1-2-4-12(11)17(20)23/h1-6,9H,7-8H2,(H2,19,21). The molecule has 24 heavy (non-hydrogen) atoms. The summed E-state index contributed by atoms with van der Waals surface area (Å²) in [5.74, 6) is -1.13. The fourth-order valence-electron chi connectivity index (χ4n) is 2.51. The Bertz CT molecular complexity index is 815. The van der Waals surface area contributed by atoms with E-state index in [9.17, 15) is 14.4 Å². The second-order valence-corrected chi connectivity index (χ2v) is 5.60. The van der Waals surface area contributed by atoms with E-state index in [0.717, 1.165) is 4.90 Å². The van der Waals surface area contributed by atoms with Crippen LogP contribution in [-0.2, 0) is 0 Å². The molecule has 3 amide bonds. The summed E-state index contributed by atoms with van der Waals surface area (Å²) in [5, 5.41) is 0.358. The van der Waals surface area contributed by atoms with Gasteiger partial charge in [-0.05, 0) is 30.3 Å². The van der Waals surface area contributed by atoms with Crippen LogP contribution < -0.4 is 10.5 Å². The van der Waals surface area contributed by atoms with Gasteiger partial charge in [-0.15, -0.1) is 0 Å². The molecule has 2 aromatic rings. The van der Waals surface area contributed by atoms with Gasteiger partial charge in [-0.3, -0.25) is 19.3 Å². The topological polar surface area (TPSA) is 89.7 Å². The van der Waals surface area contributed by atoms with E-state index < -0.39 is 5.91 Å². The largest absolute Gasteiger partial charge is 0.491 e. The third kappa shape index (κ3) is 2.83. The number of rotatable bonds is 5. The van der Waals surface area contributed by atoms with Crippen LogP contribution >= 0.6 is 11.6 Å². The van der Waals surface area contributed by atoms with E-state index in [0.29, 0.717) is 16.1 Å². The zero-order chi connectivity index (χ0) is 17.3. The van der Waals surface area contributed by atoms with E-state index in [4.69, 9.17) is 22.1 Å². The van der Waals surface area contributed by atoms with E-state index in [-0.39, 0.29) is 36.3 Å². The molecule has 0 fully saturated rings. The van der Waals surface area contributed by atoms with Gasteiger partial charge in [-0.2, -0.15) is 0 Å². The first-order valence-corrected chi connectivity index (χ1v) is 7.54. The summed E-state index contributed by atoms with van der Waals surface area (Å²) in [4.78, 5) is 37.0. The average molecular weight is 345 g/mol. The molecule has 122 valence electrons. The van der Waals surface area contributed by atoms with E-state index >= 15 is 0 Å². The van der Waals surface area contributed by atoms with E-state index in [1.54, 1.807) is 30.3 Å². The minimum absolute atomic E-state index is 0.0351. The molecule has 0 saturated heterocycles. The van der Waals surface area contributed by atoms with E-state index in [1.807, 2.05) is 0 Å². The zero-order valence-electron chi connectivity index (χ0n) is 12.5. The number of amides is 3. The molecule has 0 aliphatic carbocycles. The number of hydrogen-bond acceptors (Lipinski definition) is 4. The van der Waals surface area contributed by atoms with Gasteiger partial charge in [-0.25, -0.2) is 0 Å². The van der Waals surface area contributed by atoms with Crippen molar-refractivity contribution in [1.82, 2.24) is 4.90 Å². The summed E-state index contributed by atoms with van der Waals surface area (Å²) in [6, 6.07) is 11.1. The summed E-state index contributed by atoms with van der Waals surface area (Å²) in [5.41, 5.74) is 6.19. The minimum Gasteiger partial charge on any atom is -0.491 e. The maximum atomic E-state index is 12.2. The van der Waals surface area contributed by atoms with Crippen molar-refractivity contribution in [3.05, 3.63) is 64.2 Å². The first-order chi connectivity index (χ1) is 11.5. The molecule has 2 N–H and O–H groups in total. The molecule has 0 aromatic heterocycles. The molecule has 1 heterocycles. The van der Waals surface area contributed by atoms with Crippen LogP contribution in [0.1, 0.15) is 31.1 Å². The summed E-state index contributed by atoms with van der Waals surface area (Å²) in [6.07, 6.45) is 0. The molecule has 7 heteroatoms. The molecule has 0 saturated carbocycles. The van der Waals surface area contributed by atoms with Crippen LogP contribution in [0.15, 0.2) is 42.5 Å². The van der Waals surface area contributed by atoms with Gasteiger partial charge in [0.15, 0.2) is 0 Å². The fraction of sp³-hybridized carbons (Fsp3) is 0.118. The molecule has 0 unspecified atom stereocenters. The van der Waals surface area contributed by atoms with Gasteiger partial charge in [0, 0.05) is 5.02 Å². The Labute approximate surface area is 142 Å². The monoisotopic (exact) mass is 344 g/mol. The van der Waals surface area contributed by atoms with Crippen molar-refractivity contribution >= 4 is 29.3 Å². The molecule has 1 aliphatic rings. The first kappa shape index (κ1) is 16.0. The van der Waals surface area contributed by atoms with Crippen LogP contribution in [0.25, 0.3) is 0 Å². The van der Waals surface area contributed by atoms with Crippen molar-refractivity contribution in [2.24, 2.45) is 5.73 Å². The van der Waals surface area contributed by atoms with Gasteiger partial charge in [0.1, 0.15) is 12.4 Å². The Morgan fingerprint density at radius 1 is 1.08 bits per heavy atom. The lowest BCUT2D eigenvalue weighted by atomic mass is 10.1. The lowest BCUT2D eigenvalue weighted by molar-refractivity contribution is 0.0630. The van der Waals surface area contributed by atoms with Gasteiger partial charge >= 0.3 is 0 Å². The van der Waals surface area contributed by atoms with Gasteiger partial charge in [0.25, 0.3) is 17.7 Å². The van der Waals surface area contributed by atoms with Crippen LogP contribution in [0.5, 0.6) is 5.75 Å². The first-order valence-electron chi connectivity index (χ1n) is 7.16. The molecular formula is C17H13ClN2O4. The number of carbonyl (C=O) groups excluding carboxylic acids is 3. The Hall–Kier alpha value is -2.86. The number of hydrogen-bond donors (Lipinski definition) is 1.